The lowest BCUT2D eigenvalue weighted by atomic mass is 10.2. The van der Waals surface area contributed by atoms with Crippen LogP contribution in [0.5, 0.6) is 0 Å². The summed E-state index contributed by atoms with van der Waals surface area (Å²) in [6.07, 6.45) is 0.653. The summed E-state index contributed by atoms with van der Waals surface area (Å²) in [4.78, 5) is 10.4. The fraction of sp³-hybridized carbons (Fsp3) is 0.125. The van der Waals surface area contributed by atoms with Gasteiger partial charge in [-0.15, -0.1) is 0 Å². The van der Waals surface area contributed by atoms with Crippen molar-refractivity contribution in [1.82, 2.24) is 0 Å². The van der Waals surface area contributed by atoms with Gasteiger partial charge in [0.25, 0.3) is 0 Å². The molecule has 0 aliphatic rings. The average Bonchev–Trinajstić information content (AvgIpc) is 2.01. The van der Waals surface area contributed by atoms with Crippen molar-refractivity contribution in [3.05, 3.63) is 29.3 Å². The van der Waals surface area contributed by atoms with E-state index < -0.39 is 10.0 Å². The number of primary sulfonamides is 1. The third-order valence-corrected chi connectivity index (χ3v) is 2.71. The molecule has 70 valence electrons. The fourth-order valence-corrected chi connectivity index (χ4v) is 1.83. The molecule has 1 aromatic rings. The highest BCUT2D eigenvalue weighted by atomic mass is 32.2. The average molecular weight is 199 g/mol. The van der Waals surface area contributed by atoms with Gasteiger partial charge < -0.3 is 0 Å². The minimum atomic E-state index is -3.67. The van der Waals surface area contributed by atoms with Gasteiger partial charge in [0, 0.05) is 5.56 Å². The molecule has 1 rings (SSSR count). The van der Waals surface area contributed by atoms with Gasteiger partial charge in [-0.05, 0) is 24.6 Å². The van der Waals surface area contributed by atoms with E-state index in [4.69, 9.17) is 5.14 Å². The van der Waals surface area contributed by atoms with Crippen LogP contribution >= 0.6 is 0 Å². The van der Waals surface area contributed by atoms with Gasteiger partial charge in [-0.2, -0.15) is 0 Å². The second-order valence-corrected chi connectivity index (χ2v) is 4.22. The van der Waals surface area contributed by atoms with Crippen molar-refractivity contribution in [2.75, 3.05) is 0 Å². The van der Waals surface area contributed by atoms with Crippen molar-refractivity contribution >= 4 is 16.3 Å². The molecule has 4 nitrogen and oxygen atoms in total. The van der Waals surface area contributed by atoms with E-state index in [-0.39, 0.29) is 4.90 Å². The SMILES string of the molecule is Cc1cc(C=O)ccc1S(N)(=O)=O. The van der Waals surface area contributed by atoms with Gasteiger partial charge in [0.05, 0.1) is 4.90 Å². The molecule has 0 amide bonds. The maximum Gasteiger partial charge on any atom is 0.238 e. The van der Waals surface area contributed by atoms with Crippen molar-refractivity contribution in [3.8, 4) is 0 Å². The second-order valence-electron chi connectivity index (χ2n) is 2.69. The topological polar surface area (TPSA) is 77.2 Å². The molecule has 0 aliphatic carbocycles. The van der Waals surface area contributed by atoms with Crippen molar-refractivity contribution in [3.63, 3.8) is 0 Å². The van der Waals surface area contributed by atoms with Gasteiger partial charge in [-0.1, -0.05) is 6.07 Å². The molecule has 0 spiro atoms. The van der Waals surface area contributed by atoms with Crippen LogP contribution in [0.4, 0.5) is 0 Å². The summed E-state index contributed by atoms with van der Waals surface area (Å²) >= 11 is 0. The van der Waals surface area contributed by atoms with Crippen LogP contribution < -0.4 is 5.14 Å². The Hall–Kier alpha value is -1.20. The number of hydrogen-bond donors (Lipinski definition) is 1. The van der Waals surface area contributed by atoms with Crippen LogP contribution in [0.2, 0.25) is 0 Å². The zero-order valence-corrected chi connectivity index (χ0v) is 7.84. The number of carbonyl (C=O) groups is 1. The Kier molecular flexibility index (Phi) is 2.49. The highest BCUT2D eigenvalue weighted by Crippen LogP contribution is 2.13. The number of carbonyl (C=O) groups excluding carboxylic acids is 1. The molecule has 0 saturated carbocycles. The van der Waals surface area contributed by atoms with E-state index in [2.05, 4.69) is 0 Å². The zero-order valence-electron chi connectivity index (χ0n) is 7.02. The first kappa shape index (κ1) is 9.88. The number of sulfonamides is 1. The molecular weight excluding hydrogens is 190 g/mol. The lowest BCUT2D eigenvalue weighted by molar-refractivity contribution is 0.112. The number of aryl methyl sites for hydroxylation is 1. The molecule has 0 heterocycles. The summed E-state index contributed by atoms with van der Waals surface area (Å²) < 4.78 is 21.9. The molecule has 0 unspecified atom stereocenters. The predicted molar refractivity (Wildman–Crippen MR) is 47.9 cm³/mol. The summed E-state index contributed by atoms with van der Waals surface area (Å²) in [5, 5.41) is 4.93. The summed E-state index contributed by atoms with van der Waals surface area (Å²) in [5.41, 5.74) is 0.914. The smallest absolute Gasteiger partial charge is 0.238 e. The number of hydrogen-bond acceptors (Lipinski definition) is 3. The highest BCUT2D eigenvalue weighted by molar-refractivity contribution is 7.89. The largest absolute Gasteiger partial charge is 0.298 e. The van der Waals surface area contributed by atoms with Gasteiger partial charge in [-0.25, -0.2) is 13.6 Å². The summed E-state index contributed by atoms with van der Waals surface area (Å²) in [6, 6.07) is 4.22. The van der Waals surface area contributed by atoms with E-state index in [0.717, 1.165) is 0 Å². The highest BCUT2D eigenvalue weighted by Gasteiger charge is 2.10. The van der Waals surface area contributed by atoms with Crippen molar-refractivity contribution < 1.29 is 13.2 Å². The Morgan fingerprint density at radius 3 is 2.38 bits per heavy atom. The Morgan fingerprint density at radius 2 is 2.00 bits per heavy atom. The molecular formula is C8H9NO3S. The Morgan fingerprint density at radius 1 is 1.38 bits per heavy atom. The Labute approximate surface area is 76.4 Å². The van der Waals surface area contributed by atoms with Crippen molar-refractivity contribution in [1.29, 1.82) is 0 Å². The van der Waals surface area contributed by atoms with E-state index in [1.54, 1.807) is 6.92 Å². The standard InChI is InChI=1S/C8H9NO3S/c1-6-4-7(5-10)2-3-8(6)13(9,11)12/h2-5H,1H3,(H2,9,11,12). The Bertz CT molecular complexity index is 437. The normalized spacial score (nSPS) is 11.2. The van der Waals surface area contributed by atoms with E-state index in [0.29, 0.717) is 17.4 Å². The van der Waals surface area contributed by atoms with E-state index in [1.165, 1.54) is 18.2 Å². The zero-order chi connectivity index (χ0) is 10.1. The van der Waals surface area contributed by atoms with Gasteiger partial charge >= 0.3 is 0 Å². The van der Waals surface area contributed by atoms with Crippen LogP contribution in [0.3, 0.4) is 0 Å². The minimum absolute atomic E-state index is 0.0538. The first-order valence-electron chi connectivity index (χ1n) is 3.54. The van der Waals surface area contributed by atoms with Crippen LogP contribution in [0.1, 0.15) is 15.9 Å². The molecule has 0 atom stereocenters. The van der Waals surface area contributed by atoms with Crippen LogP contribution in [-0.4, -0.2) is 14.7 Å². The molecule has 5 heteroatoms. The quantitative estimate of drug-likeness (QED) is 0.703. The monoisotopic (exact) mass is 199 g/mol. The minimum Gasteiger partial charge on any atom is -0.298 e. The second kappa shape index (κ2) is 3.27. The van der Waals surface area contributed by atoms with Gasteiger partial charge in [0.2, 0.25) is 10.0 Å². The molecule has 0 saturated heterocycles. The molecule has 0 aliphatic heterocycles. The van der Waals surface area contributed by atoms with E-state index in [1.807, 2.05) is 0 Å². The summed E-state index contributed by atoms with van der Waals surface area (Å²) in [5.74, 6) is 0. The van der Waals surface area contributed by atoms with Crippen LogP contribution in [0, 0.1) is 6.92 Å². The van der Waals surface area contributed by atoms with Crippen LogP contribution in [-0.2, 0) is 10.0 Å². The molecule has 2 N–H and O–H groups in total. The maximum atomic E-state index is 10.9. The molecule has 0 aromatic heterocycles. The fourth-order valence-electron chi connectivity index (χ4n) is 1.07. The van der Waals surface area contributed by atoms with E-state index >= 15 is 0 Å². The van der Waals surface area contributed by atoms with Crippen LogP contribution in [0.25, 0.3) is 0 Å². The molecule has 0 fully saturated rings. The summed E-state index contributed by atoms with van der Waals surface area (Å²) in [6.45, 7) is 1.59. The lowest BCUT2D eigenvalue weighted by Gasteiger charge is -2.02. The number of rotatable bonds is 2. The predicted octanol–water partition coefficient (Wildman–Crippen LogP) is 0.455. The molecule has 0 radical (unpaired) electrons. The van der Waals surface area contributed by atoms with Gasteiger partial charge in [-0.3, -0.25) is 4.79 Å². The number of aldehydes is 1. The first-order chi connectivity index (χ1) is 5.95. The van der Waals surface area contributed by atoms with Gasteiger partial charge in [0.1, 0.15) is 6.29 Å². The van der Waals surface area contributed by atoms with Crippen LogP contribution in [0.15, 0.2) is 23.1 Å². The molecule has 13 heavy (non-hydrogen) atoms. The Balaban J connectivity index is 3.37. The molecule has 0 bridgehead atoms. The van der Waals surface area contributed by atoms with Crippen molar-refractivity contribution in [2.24, 2.45) is 5.14 Å². The first-order valence-corrected chi connectivity index (χ1v) is 5.08. The number of nitrogens with two attached hydrogens (primary N) is 1. The third-order valence-electron chi connectivity index (χ3n) is 1.64. The summed E-state index contributed by atoms with van der Waals surface area (Å²) in [7, 11) is -3.67. The maximum absolute atomic E-state index is 10.9. The third kappa shape index (κ3) is 2.13. The van der Waals surface area contributed by atoms with E-state index in [9.17, 15) is 13.2 Å². The lowest BCUT2D eigenvalue weighted by Crippen LogP contribution is -2.13. The van der Waals surface area contributed by atoms with Crippen molar-refractivity contribution in [2.45, 2.75) is 11.8 Å². The molecule has 1 aromatic carbocycles. The number of benzene rings is 1. The van der Waals surface area contributed by atoms with Gasteiger partial charge in [0.15, 0.2) is 0 Å².